The van der Waals surface area contributed by atoms with Crippen molar-refractivity contribution in [1.82, 2.24) is 0 Å². The molecule has 1 heterocycles. The van der Waals surface area contributed by atoms with E-state index in [2.05, 4.69) is 0 Å². The summed E-state index contributed by atoms with van der Waals surface area (Å²) in [4.78, 5) is 1.11. The van der Waals surface area contributed by atoms with E-state index in [0.717, 1.165) is 15.5 Å². The summed E-state index contributed by atoms with van der Waals surface area (Å²) < 4.78 is 21.2. The molecule has 2 rings (SSSR count). The van der Waals surface area contributed by atoms with Crippen molar-refractivity contribution < 1.29 is 18.9 Å². The highest BCUT2D eigenvalue weighted by Crippen LogP contribution is 2.38. The van der Waals surface area contributed by atoms with Gasteiger partial charge in [0, 0.05) is 4.88 Å². The van der Waals surface area contributed by atoms with Gasteiger partial charge in [-0.25, -0.2) is 0 Å². The summed E-state index contributed by atoms with van der Waals surface area (Å²) in [6, 6.07) is 7.77. The Kier molecular flexibility index (Phi) is 5.11. The van der Waals surface area contributed by atoms with Crippen LogP contribution in [0.4, 0.5) is 0 Å². The maximum Gasteiger partial charge on any atom is 0.203 e. The largest absolute Gasteiger partial charge is 0.493 e. The molecule has 0 aliphatic heterocycles. The van der Waals surface area contributed by atoms with Gasteiger partial charge in [-0.15, -0.1) is 0 Å². The van der Waals surface area contributed by atoms with Crippen LogP contribution in [0.3, 0.4) is 0 Å². The average Bonchev–Trinajstić information content (AvgIpc) is 2.99. The summed E-state index contributed by atoms with van der Waals surface area (Å²) in [6.07, 6.45) is 4.02. The lowest BCUT2D eigenvalue weighted by Gasteiger charge is -2.12. The second-order valence-electron chi connectivity index (χ2n) is 4.15. The van der Waals surface area contributed by atoms with Gasteiger partial charge in [0.25, 0.3) is 0 Å². The van der Waals surface area contributed by atoms with Gasteiger partial charge < -0.3 is 18.9 Å². The molecule has 21 heavy (non-hydrogen) atoms. The lowest BCUT2D eigenvalue weighted by Crippen LogP contribution is -1.95. The third-order valence-electron chi connectivity index (χ3n) is 2.93. The number of thiophene rings is 1. The zero-order chi connectivity index (χ0) is 15.2. The number of benzene rings is 1. The Morgan fingerprint density at radius 3 is 1.95 bits per heavy atom. The van der Waals surface area contributed by atoms with Crippen LogP contribution in [0, 0.1) is 0 Å². The van der Waals surface area contributed by atoms with Crippen LogP contribution in [-0.2, 0) is 0 Å². The van der Waals surface area contributed by atoms with Gasteiger partial charge in [0.1, 0.15) is 0 Å². The van der Waals surface area contributed by atoms with Crippen LogP contribution < -0.4 is 18.9 Å². The predicted molar refractivity (Wildman–Crippen MR) is 85.9 cm³/mol. The number of hydrogen-bond donors (Lipinski definition) is 0. The van der Waals surface area contributed by atoms with E-state index in [1.54, 1.807) is 39.8 Å². The van der Waals surface area contributed by atoms with Gasteiger partial charge in [-0.1, -0.05) is 17.4 Å². The Morgan fingerprint density at radius 2 is 1.48 bits per heavy atom. The molecule has 0 saturated heterocycles. The second kappa shape index (κ2) is 7.04. The molecule has 0 aliphatic carbocycles. The lowest BCUT2D eigenvalue weighted by molar-refractivity contribution is 0.324. The smallest absolute Gasteiger partial charge is 0.203 e. The molecule has 0 spiro atoms. The zero-order valence-electron chi connectivity index (χ0n) is 12.5. The summed E-state index contributed by atoms with van der Waals surface area (Å²) in [6.45, 7) is 0. The monoisotopic (exact) mass is 306 g/mol. The maximum atomic E-state index is 5.34. The van der Waals surface area contributed by atoms with Crippen molar-refractivity contribution in [2.75, 3.05) is 28.4 Å². The first-order valence-electron chi connectivity index (χ1n) is 6.33. The molecule has 0 bridgehead atoms. The van der Waals surface area contributed by atoms with E-state index in [1.165, 1.54) is 0 Å². The molecule has 4 nitrogen and oxygen atoms in total. The van der Waals surface area contributed by atoms with Gasteiger partial charge in [0.2, 0.25) is 5.75 Å². The highest BCUT2D eigenvalue weighted by Gasteiger charge is 2.11. The van der Waals surface area contributed by atoms with Crippen LogP contribution in [0.15, 0.2) is 24.3 Å². The molecular weight excluding hydrogens is 288 g/mol. The standard InChI is InChI=1S/C16H18O4S/c1-17-13-9-11(10-14(18-2)16(13)20-4)5-6-12-7-8-15(19-3)21-12/h5-10H,1-4H3/b6-5-. The molecule has 0 amide bonds. The van der Waals surface area contributed by atoms with Crippen LogP contribution in [0.2, 0.25) is 0 Å². The lowest BCUT2D eigenvalue weighted by atomic mass is 10.1. The van der Waals surface area contributed by atoms with Gasteiger partial charge >= 0.3 is 0 Å². The van der Waals surface area contributed by atoms with Gasteiger partial charge in [-0.3, -0.25) is 0 Å². The molecule has 1 aromatic heterocycles. The Labute approximate surface area is 128 Å². The second-order valence-corrected chi connectivity index (χ2v) is 5.23. The molecule has 0 radical (unpaired) electrons. The van der Waals surface area contributed by atoms with E-state index in [0.29, 0.717) is 17.2 Å². The molecule has 5 heteroatoms. The molecular formula is C16H18O4S. The Bertz CT molecular complexity index is 606. The van der Waals surface area contributed by atoms with Crippen molar-refractivity contribution in [2.45, 2.75) is 0 Å². The van der Waals surface area contributed by atoms with Crippen molar-refractivity contribution in [3.8, 4) is 22.3 Å². The van der Waals surface area contributed by atoms with E-state index >= 15 is 0 Å². The van der Waals surface area contributed by atoms with E-state index in [-0.39, 0.29) is 0 Å². The Hall–Kier alpha value is -2.14. The summed E-state index contributed by atoms with van der Waals surface area (Å²) in [5, 5.41) is 0.888. The van der Waals surface area contributed by atoms with Crippen molar-refractivity contribution in [1.29, 1.82) is 0 Å². The van der Waals surface area contributed by atoms with Crippen LogP contribution in [0.25, 0.3) is 12.2 Å². The molecule has 0 atom stereocenters. The fourth-order valence-corrected chi connectivity index (χ4v) is 2.63. The SMILES string of the molecule is COc1ccc(/C=C\c2cc(OC)c(OC)c(OC)c2)s1. The fourth-order valence-electron chi connectivity index (χ4n) is 1.91. The van der Waals surface area contributed by atoms with E-state index in [9.17, 15) is 0 Å². The summed E-state index contributed by atoms with van der Waals surface area (Å²) in [7, 11) is 6.47. The topological polar surface area (TPSA) is 36.9 Å². The van der Waals surface area contributed by atoms with Crippen LogP contribution >= 0.6 is 11.3 Å². The minimum Gasteiger partial charge on any atom is -0.493 e. The van der Waals surface area contributed by atoms with E-state index in [1.807, 2.05) is 36.4 Å². The Morgan fingerprint density at radius 1 is 0.810 bits per heavy atom. The number of ether oxygens (including phenoxy) is 4. The third-order valence-corrected chi connectivity index (χ3v) is 3.94. The molecule has 112 valence electrons. The van der Waals surface area contributed by atoms with Crippen LogP contribution in [0.5, 0.6) is 22.3 Å². The summed E-state index contributed by atoms with van der Waals surface area (Å²) in [5.41, 5.74) is 0.969. The highest BCUT2D eigenvalue weighted by atomic mass is 32.1. The zero-order valence-corrected chi connectivity index (χ0v) is 13.3. The highest BCUT2D eigenvalue weighted by molar-refractivity contribution is 7.14. The number of rotatable bonds is 6. The van der Waals surface area contributed by atoms with Crippen molar-refractivity contribution >= 4 is 23.5 Å². The van der Waals surface area contributed by atoms with E-state index in [4.69, 9.17) is 18.9 Å². The first kappa shape index (κ1) is 15.3. The third kappa shape index (κ3) is 3.49. The molecule has 0 saturated carbocycles. The molecule has 0 unspecified atom stereocenters. The van der Waals surface area contributed by atoms with Gasteiger partial charge in [0.15, 0.2) is 16.6 Å². The van der Waals surface area contributed by atoms with Crippen LogP contribution in [0.1, 0.15) is 10.4 Å². The van der Waals surface area contributed by atoms with Crippen molar-refractivity contribution in [2.24, 2.45) is 0 Å². The minimum atomic E-state index is 0.593. The molecule has 0 N–H and O–H groups in total. The van der Waals surface area contributed by atoms with Gasteiger partial charge in [0.05, 0.1) is 28.4 Å². The van der Waals surface area contributed by atoms with Crippen molar-refractivity contribution in [3.05, 3.63) is 34.7 Å². The molecule has 0 aliphatic rings. The van der Waals surface area contributed by atoms with Gasteiger partial charge in [-0.2, -0.15) is 0 Å². The van der Waals surface area contributed by atoms with Crippen molar-refractivity contribution in [3.63, 3.8) is 0 Å². The molecule has 2 aromatic rings. The van der Waals surface area contributed by atoms with Gasteiger partial charge in [-0.05, 0) is 35.9 Å². The average molecular weight is 306 g/mol. The fraction of sp³-hybridized carbons (Fsp3) is 0.250. The quantitative estimate of drug-likeness (QED) is 0.809. The molecule has 0 fully saturated rings. The van der Waals surface area contributed by atoms with E-state index < -0.39 is 0 Å². The van der Waals surface area contributed by atoms with Crippen LogP contribution in [-0.4, -0.2) is 28.4 Å². The normalized spacial score (nSPS) is 10.7. The maximum absolute atomic E-state index is 5.34. The number of hydrogen-bond acceptors (Lipinski definition) is 5. The predicted octanol–water partition coefficient (Wildman–Crippen LogP) is 3.95. The first-order valence-corrected chi connectivity index (χ1v) is 7.15. The first-order chi connectivity index (χ1) is 10.2. The minimum absolute atomic E-state index is 0.593. The summed E-state index contributed by atoms with van der Waals surface area (Å²) >= 11 is 1.58. The summed E-state index contributed by atoms with van der Waals surface area (Å²) in [5.74, 6) is 1.87. The molecule has 1 aromatic carbocycles. The number of methoxy groups -OCH3 is 4. The Balaban J connectivity index is 2.31.